The number of nitrogens with zero attached hydrogens (tertiary/aromatic N) is 3. The van der Waals surface area contributed by atoms with Crippen LogP contribution in [-0.2, 0) is 0 Å². The third-order valence-corrected chi connectivity index (χ3v) is 6.49. The number of hydrogen-bond acceptors (Lipinski definition) is 7. The van der Waals surface area contributed by atoms with Crippen molar-refractivity contribution in [1.29, 1.82) is 10.7 Å². The Morgan fingerprint density at radius 2 is 2.00 bits per heavy atom. The van der Waals surface area contributed by atoms with E-state index in [9.17, 15) is 0 Å². The monoisotopic (exact) mass is 416 g/mol. The van der Waals surface area contributed by atoms with E-state index in [1.165, 1.54) is 0 Å². The average Bonchev–Trinajstić information content (AvgIpc) is 3.21. The highest BCUT2D eigenvalue weighted by Crippen LogP contribution is 2.40. The van der Waals surface area contributed by atoms with Gasteiger partial charge < -0.3 is 21.4 Å². The fraction of sp³-hybridized carbons (Fsp3) is 0.261. The highest BCUT2D eigenvalue weighted by molar-refractivity contribution is 7.17. The van der Waals surface area contributed by atoms with Gasteiger partial charge >= 0.3 is 0 Å². The summed E-state index contributed by atoms with van der Waals surface area (Å²) in [5.41, 5.74) is 10.9. The predicted octanol–water partition coefficient (Wildman–Crippen LogP) is 3.69. The smallest absolute Gasteiger partial charge is 0.186 e. The van der Waals surface area contributed by atoms with Crippen LogP contribution in [0, 0.1) is 16.7 Å². The van der Waals surface area contributed by atoms with E-state index in [2.05, 4.69) is 16.3 Å². The van der Waals surface area contributed by atoms with Crippen LogP contribution in [0.3, 0.4) is 0 Å². The highest BCUT2D eigenvalue weighted by atomic mass is 32.1. The van der Waals surface area contributed by atoms with Crippen molar-refractivity contribution in [3.05, 3.63) is 64.7 Å². The molecular formula is C23H24N6S. The maximum absolute atomic E-state index is 9.13. The van der Waals surface area contributed by atoms with Gasteiger partial charge in [0.25, 0.3) is 0 Å². The first kappa shape index (κ1) is 20.1. The van der Waals surface area contributed by atoms with E-state index in [4.69, 9.17) is 21.4 Å². The van der Waals surface area contributed by atoms with Crippen molar-refractivity contribution < 1.29 is 0 Å². The van der Waals surface area contributed by atoms with Crippen LogP contribution >= 0.6 is 11.3 Å². The number of rotatable bonds is 4. The summed E-state index contributed by atoms with van der Waals surface area (Å²) < 4.78 is 0. The normalized spacial score (nSPS) is 18.4. The lowest BCUT2D eigenvalue weighted by Gasteiger charge is -2.29. The molecule has 1 aliphatic heterocycles. The first-order chi connectivity index (χ1) is 14.6. The van der Waals surface area contributed by atoms with Crippen molar-refractivity contribution in [3.8, 4) is 17.3 Å². The molecule has 1 aromatic carbocycles. The summed E-state index contributed by atoms with van der Waals surface area (Å²) in [6, 6.07) is 9.99. The number of nitriles is 1. The van der Waals surface area contributed by atoms with Gasteiger partial charge in [0.15, 0.2) is 5.13 Å². The van der Waals surface area contributed by atoms with Gasteiger partial charge in [-0.1, -0.05) is 29.5 Å². The van der Waals surface area contributed by atoms with Crippen molar-refractivity contribution >= 4 is 27.8 Å². The fourth-order valence-electron chi connectivity index (χ4n) is 3.61. The van der Waals surface area contributed by atoms with Crippen molar-refractivity contribution in [3.63, 3.8) is 0 Å². The minimum Gasteiger partial charge on any atom is -0.393 e. The first-order valence-corrected chi connectivity index (χ1v) is 10.8. The summed E-state index contributed by atoms with van der Waals surface area (Å²) in [5, 5.41) is 21.3. The number of nitrogens with two attached hydrogens (primary N) is 1. The van der Waals surface area contributed by atoms with Gasteiger partial charge in [-0.3, -0.25) is 0 Å². The van der Waals surface area contributed by atoms with Crippen molar-refractivity contribution in [2.45, 2.75) is 18.9 Å². The predicted molar refractivity (Wildman–Crippen MR) is 124 cm³/mol. The second kappa shape index (κ2) is 8.66. The quantitative estimate of drug-likeness (QED) is 0.706. The molecule has 0 unspecified atom stereocenters. The first-order valence-electron chi connectivity index (χ1n) is 9.97. The lowest BCUT2D eigenvalue weighted by atomic mass is 9.97. The van der Waals surface area contributed by atoms with E-state index in [-0.39, 0.29) is 6.04 Å². The van der Waals surface area contributed by atoms with E-state index in [0.717, 1.165) is 58.3 Å². The number of nitrogens with one attached hydrogen (secondary N) is 2. The summed E-state index contributed by atoms with van der Waals surface area (Å²) in [7, 11) is 1.83. The number of thiazole rings is 1. The third-order valence-electron chi connectivity index (χ3n) is 5.33. The Bertz CT molecular complexity index is 1080. The Kier molecular flexibility index (Phi) is 5.79. The van der Waals surface area contributed by atoms with Gasteiger partial charge in [-0.05, 0) is 42.7 Å². The van der Waals surface area contributed by atoms with Gasteiger partial charge in [0.05, 0.1) is 27.9 Å². The molecule has 0 bridgehead atoms. The average molecular weight is 417 g/mol. The van der Waals surface area contributed by atoms with E-state index in [1.54, 1.807) is 11.3 Å². The number of piperidine rings is 1. The zero-order valence-electron chi connectivity index (χ0n) is 16.9. The van der Waals surface area contributed by atoms with Crippen molar-refractivity contribution in [1.82, 2.24) is 10.3 Å². The molecule has 0 atom stereocenters. The molecule has 0 spiro atoms. The molecule has 4 N–H and O–H groups in total. The molecule has 4 rings (SSSR count). The molecule has 0 amide bonds. The van der Waals surface area contributed by atoms with Crippen LogP contribution in [-0.4, -0.2) is 36.9 Å². The van der Waals surface area contributed by atoms with Crippen LogP contribution in [0.1, 0.15) is 23.3 Å². The van der Waals surface area contributed by atoms with Crippen LogP contribution in [0.4, 0.5) is 5.13 Å². The summed E-state index contributed by atoms with van der Waals surface area (Å²) in [4.78, 5) is 8.38. The van der Waals surface area contributed by atoms with Crippen LogP contribution < -0.4 is 16.0 Å². The molecule has 0 radical (unpaired) electrons. The summed E-state index contributed by atoms with van der Waals surface area (Å²) in [6.07, 6.45) is 9.59. The van der Waals surface area contributed by atoms with Gasteiger partial charge in [-0.15, -0.1) is 0 Å². The zero-order chi connectivity index (χ0) is 21.1. The molecule has 2 aromatic rings. The van der Waals surface area contributed by atoms with E-state index in [0.29, 0.717) is 11.3 Å². The van der Waals surface area contributed by atoms with Gasteiger partial charge in [-0.25, -0.2) is 4.98 Å². The minimum absolute atomic E-state index is 0.267. The molecule has 0 saturated carbocycles. The number of benzene rings is 1. The second-order valence-electron chi connectivity index (χ2n) is 7.42. The molecule has 7 heteroatoms. The van der Waals surface area contributed by atoms with Gasteiger partial charge in [0.1, 0.15) is 0 Å². The number of anilines is 1. The van der Waals surface area contributed by atoms with E-state index < -0.39 is 0 Å². The van der Waals surface area contributed by atoms with Gasteiger partial charge in [0.2, 0.25) is 0 Å². The lowest BCUT2D eigenvalue weighted by Crippen LogP contribution is -2.39. The van der Waals surface area contributed by atoms with E-state index in [1.807, 2.05) is 55.7 Å². The molecule has 6 nitrogen and oxygen atoms in total. The number of allylic oxidation sites excluding steroid dienone is 5. The Hall–Kier alpha value is -3.21. The maximum atomic E-state index is 9.13. The SMILES string of the molecule is CN/C=C1/C=C(c2sc(N3CCC(N)CC3)nc2-c2ccc(C#N)cc2)C=CC1=N. The van der Waals surface area contributed by atoms with Crippen LogP contribution in [0.2, 0.25) is 0 Å². The van der Waals surface area contributed by atoms with Gasteiger partial charge in [0, 0.05) is 43.5 Å². The molecule has 2 aliphatic rings. The minimum atomic E-state index is 0.267. The third kappa shape index (κ3) is 4.06. The molecule has 1 saturated heterocycles. The summed E-state index contributed by atoms with van der Waals surface area (Å²) >= 11 is 1.67. The number of hydrogen-bond donors (Lipinski definition) is 3. The summed E-state index contributed by atoms with van der Waals surface area (Å²) in [5.74, 6) is 0. The molecule has 1 aliphatic carbocycles. The Morgan fingerprint density at radius 1 is 1.27 bits per heavy atom. The summed E-state index contributed by atoms with van der Waals surface area (Å²) in [6.45, 7) is 1.82. The van der Waals surface area contributed by atoms with Crippen molar-refractivity contribution in [2.24, 2.45) is 5.73 Å². The number of aromatic nitrogens is 1. The second-order valence-corrected chi connectivity index (χ2v) is 8.40. The van der Waals surface area contributed by atoms with Crippen LogP contribution in [0.5, 0.6) is 0 Å². The molecule has 1 aromatic heterocycles. The standard InChI is InChI=1S/C23H24N6S/c1-27-14-18-12-17(6-7-20(18)26)22-21(16-4-2-15(13-24)3-5-16)28-23(30-22)29-10-8-19(25)9-11-29/h2-7,12,14,19,26-27H,8-11,25H2,1H3/b18-14-,26-20?. The van der Waals surface area contributed by atoms with Crippen LogP contribution in [0.15, 0.2) is 54.3 Å². The Labute approximate surface area is 180 Å². The molecule has 152 valence electrons. The lowest BCUT2D eigenvalue weighted by molar-refractivity contribution is 0.501. The fourth-order valence-corrected chi connectivity index (χ4v) is 4.74. The molecule has 1 fully saturated rings. The Balaban J connectivity index is 1.78. The molecule has 30 heavy (non-hydrogen) atoms. The van der Waals surface area contributed by atoms with E-state index >= 15 is 0 Å². The molecule has 2 heterocycles. The van der Waals surface area contributed by atoms with Crippen molar-refractivity contribution in [2.75, 3.05) is 25.0 Å². The Morgan fingerprint density at radius 3 is 2.67 bits per heavy atom. The zero-order valence-corrected chi connectivity index (χ0v) is 17.7. The highest BCUT2D eigenvalue weighted by Gasteiger charge is 2.23. The van der Waals surface area contributed by atoms with Crippen LogP contribution in [0.25, 0.3) is 16.8 Å². The maximum Gasteiger partial charge on any atom is 0.186 e. The largest absolute Gasteiger partial charge is 0.393 e. The van der Waals surface area contributed by atoms with Gasteiger partial charge in [-0.2, -0.15) is 5.26 Å². The molecular weight excluding hydrogens is 392 g/mol. The topological polar surface area (TPSA) is 102 Å².